The predicted molar refractivity (Wildman–Crippen MR) is 72.6 cm³/mol. The number of carboxylic acid groups (broad SMARTS) is 1. The maximum atomic E-state index is 12.3. The fourth-order valence-corrected chi connectivity index (χ4v) is 3.25. The molecule has 1 amide bonds. The molecule has 2 aliphatic carbocycles. The number of hydrogen-bond acceptors (Lipinski definition) is 2. The third-order valence-corrected chi connectivity index (χ3v) is 4.66. The van der Waals surface area contributed by atoms with Crippen molar-refractivity contribution in [2.45, 2.75) is 52.0 Å². The quantitative estimate of drug-likeness (QED) is 0.770. The molecule has 0 bridgehead atoms. The van der Waals surface area contributed by atoms with Crippen LogP contribution in [0.3, 0.4) is 0 Å². The van der Waals surface area contributed by atoms with Gasteiger partial charge in [-0.05, 0) is 31.1 Å². The van der Waals surface area contributed by atoms with Gasteiger partial charge < -0.3 is 10.4 Å². The van der Waals surface area contributed by atoms with Crippen molar-refractivity contribution in [2.75, 3.05) is 0 Å². The van der Waals surface area contributed by atoms with E-state index in [1.54, 1.807) is 0 Å². The van der Waals surface area contributed by atoms with E-state index in [1.807, 2.05) is 12.2 Å². The number of carbonyl (C=O) groups is 2. The lowest BCUT2D eigenvalue weighted by Crippen LogP contribution is -2.47. The van der Waals surface area contributed by atoms with Crippen molar-refractivity contribution in [1.29, 1.82) is 0 Å². The van der Waals surface area contributed by atoms with E-state index in [4.69, 9.17) is 0 Å². The highest BCUT2D eigenvalue weighted by Crippen LogP contribution is 2.37. The summed E-state index contributed by atoms with van der Waals surface area (Å²) in [5.74, 6) is -1.94. The average Bonchev–Trinajstić information content (AvgIpc) is 2.68. The topological polar surface area (TPSA) is 66.4 Å². The van der Waals surface area contributed by atoms with Crippen LogP contribution in [0.4, 0.5) is 0 Å². The Morgan fingerprint density at radius 1 is 1.21 bits per heavy atom. The number of carbonyl (C=O) groups excluding carboxylic acids is 1. The van der Waals surface area contributed by atoms with E-state index in [0.29, 0.717) is 12.8 Å². The summed E-state index contributed by atoms with van der Waals surface area (Å²) in [4.78, 5) is 23.6. The lowest BCUT2D eigenvalue weighted by atomic mass is 9.81. The zero-order valence-electron chi connectivity index (χ0n) is 11.7. The van der Waals surface area contributed by atoms with Gasteiger partial charge in [0.05, 0.1) is 11.8 Å². The Kier molecular flexibility index (Phi) is 3.97. The fraction of sp³-hybridized carbons (Fsp3) is 0.733. The van der Waals surface area contributed by atoms with Gasteiger partial charge >= 0.3 is 5.97 Å². The number of aliphatic carboxylic acids is 1. The van der Waals surface area contributed by atoms with Crippen LogP contribution in [0.25, 0.3) is 0 Å². The van der Waals surface area contributed by atoms with Crippen molar-refractivity contribution >= 4 is 11.9 Å². The highest BCUT2D eigenvalue weighted by molar-refractivity contribution is 5.85. The van der Waals surface area contributed by atoms with Crippen LogP contribution in [0.1, 0.15) is 46.0 Å². The summed E-state index contributed by atoms with van der Waals surface area (Å²) in [6, 6.07) is 0.181. The van der Waals surface area contributed by atoms with Gasteiger partial charge in [-0.2, -0.15) is 0 Å². The molecule has 0 radical (unpaired) electrons. The largest absolute Gasteiger partial charge is 0.481 e. The van der Waals surface area contributed by atoms with Crippen molar-refractivity contribution in [2.24, 2.45) is 17.3 Å². The van der Waals surface area contributed by atoms with Crippen LogP contribution < -0.4 is 5.32 Å². The first-order valence-corrected chi connectivity index (χ1v) is 7.10. The van der Waals surface area contributed by atoms with Gasteiger partial charge in [-0.15, -0.1) is 0 Å². The summed E-state index contributed by atoms with van der Waals surface area (Å²) in [7, 11) is 0. The summed E-state index contributed by atoms with van der Waals surface area (Å²) < 4.78 is 0. The van der Waals surface area contributed by atoms with Gasteiger partial charge in [0.15, 0.2) is 0 Å². The van der Waals surface area contributed by atoms with E-state index in [-0.39, 0.29) is 17.4 Å². The van der Waals surface area contributed by atoms with E-state index in [0.717, 1.165) is 19.3 Å². The lowest BCUT2D eigenvalue weighted by Gasteiger charge is -2.31. The summed E-state index contributed by atoms with van der Waals surface area (Å²) in [5, 5.41) is 12.3. The Bertz CT molecular complexity index is 400. The van der Waals surface area contributed by atoms with Crippen LogP contribution in [0.5, 0.6) is 0 Å². The van der Waals surface area contributed by atoms with Crippen molar-refractivity contribution in [3.63, 3.8) is 0 Å². The molecule has 0 saturated heterocycles. The molecule has 0 aromatic carbocycles. The van der Waals surface area contributed by atoms with Gasteiger partial charge in [0.1, 0.15) is 0 Å². The molecule has 0 aliphatic heterocycles. The number of nitrogens with one attached hydrogen (secondary N) is 1. The maximum absolute atomic E-state index is 12.3. The molecule has 3 atom stereocenters. The first kappa shape index (κ1) is 14.1. The Balaban J connectivity index is 2.02. The number of rotatable bonds is 3. The monoisotopic (exact) mass is 265 g/mol. The maximum Gasteiger partial charge on any atom is 0.307 e. The normalized spacial score (nSPS) is 33.1. The van der Waals surface area contributed by atoms with E-state index in [1.165, 1.54) is 0 Å². The molecule has 0 aromatic rings. The molecule has 2 aliphatic rings. The van der Waals surface area contributed by atoms with Crippen LogP contribution >= 0.6 is 0 Å². The van der Waals surface area contributed by atoms with Crippen molar-refractivity contribution < 1.29 is 14.7 Å². The first-order valence-electron chi connectivity index (χ1n) is 7.10. The van der Waals surface area contributed by atoms with E-state index in [9.17, 15) is 14.7 Å². The molecule has 1 fully saturated rings. The van der Waals surface area contributed by atoms with Gasteiger partial charge in [-0.3, -0.25) is 9.59 Å². The van der Waals surface area contributed by atoms with Gasteiger partial charge in [0.25, 0.3) is 0 Å². The minimum atomic E-state index is -0.866. The zero-order chi connectivity index (χ0) is 14.0. The first-order chi connectivity index (χ1) is 8.92. The number of allylic oxidation sites excluding steroid dienone is 2. The molecule has 1 saturated carbocycles. The van der Waals surface area contributed by atoms with Crippen LogP contribution in [0.15, 0.2) is 12.2 Å². The fourth-order valence-electron chi connectivity index (χ4n) is 3.25. The van der Waals surface area contributed by atoms with Gasteiger partial charge in [-0.25, -0.2) is 0 Å². The summed E-state index contributed by atoms with van der Waals surface area (Å²) in [6.07, 6.45) is 8.03. The minimum absolute atomic E-state index is 0.0864. The molecule has 19 heavy (non-hydrogen) atoms. The van der Waals surface area contributed by atoms with Gasteiger partial charge in [0, 0.05) is 6.04 Å². The second kappa shape index (κ2) is 5.35. The zero-order valence-corrected chi connectivity index (χ0v) is 11.7. The Morgan fingerprint density at radius 3 is 2.37 bits per heavy atom. The Hall–Kier alpha value is -1.32. The van der Waals surface area contributed by atoms with Gasteiger partial charge in [-0.1, -0.05) is 32.4 Å². The van der Waals surface area contributed by atoms with Crippen LogP contribution in [-0.2, 0) is 9.59 Å². The van der Waals surface area contributed by atoms with Crippen molar-refractivity contribution in [3.05, 3.63) is 12.2 Å². The SMILES string of the molecule is CC1(C)CCCC1NC(=O)C1CC=CCC1C(=O)O. The highest BCUT2D eigenvalue weighted by atomic mass is 16.4. The minimum Gasteiger partial charge on any atom is -0.481 e. The molecule has 0 spiro atoms. The predicted octanol–water partition coefficient (Wildman–Crippen LogP) is 2.35. The number of hydrogen-bond donors (Lipinski definition) is 2. The van der Waals surface area contributed by atoms with Crippen LogP contribution in [0.2, 0.25) is 0 Å². The molecule has 4 nitrogen and oxygen atoms in total. The summed E-state index contributed by atoms with van der Waals surface area (Å²) >= 11 is 0. The molecule has 2 N–H and O–H groups in total. The summed E-state index contributed by atoms with van der Waals surface area (Å²) in [5.41, 5.74) is 0.124. The lowest BCUT2D eigenvalue weighted by molar-refractivity contribution is -0.147. The van der Waals surface area contributed by atoms with Crippen molar-refractivity contribution in [1.82, 2.24) is 5.32 Å². The van der Waals surface area contributed by atoms with Gasteiger partial charge in [0.2, 0.25) is 5.91 Å². The second-order valence-electron chi connectivity index (χ2n) is 6.44. The van der Waals surface area contributed by atoms with Crippen molar-refractivity contribution in [3.8, 4) is 0 Å². The molecular formula is C15H23NO3. The summed E-state index contributed by atoms with van der Waals surface area (Å²) in [6.45, 7) is 4.33. The third-order valence-electron chi connectivity index (χ3n) is 4.66. The number of carboxylic acids is 1. The van der Waals surface area contributed by atoms with E-state index < -0.39 is 17.8 Å². The molecule has 4 heteroatoms. The Morgan fingerprint density at radius 2 is 1.84 bits per heavy atom. The standard InChI is InChI=1S/C15H23NO3/c1-15(2)9-5-8-12(15)16-13(17)10-6-3-4-7-11(10)14(18)19/h3-4,10-12H,5-9H2,1-2H3,(H,16,17)(H,18,19). The smallest absolute Gasteiger partial charge is 0.307 e. The molecular weight excluding hydrogens is 242 g/mol. The molecule has 0 heterocycles. The van der Waals surface area contributed by atoms with Crippen LogP contribution in [-0.4, -0.2) is 23.0 Å². The second-order valence-corrected chi connectivity index (χ2v) is 6.44. The molecule has 106 valence electrons. The highest BCUT2D eigenvalue weighted by Gasteiger charge is 2.39. The molecule has 3 unspecified atom stereocenters. The average molecular weight is 265 g/mol. The third kappa shape index (κ3) is 2.99. The van der Waals surface area contributed by atoms with E-state index in [2.05, 4.69) is 19.2 Å². The van der Waals surface area contributed by atoms with E-state index >= 15 is 0 Å². The molecule has 2 rings (SSSR count). The van der Waals surface area contributed by atoms with Crippen LogP contribution in [0, 0.1) is 17.3 Å². The Labute approximate surface area is 114 Å². The molecule has 0 aromatic heterocycles. The number of amides is 1.